The summed E-state index contributed by atoms with van der Waals surface area (Å²) in [4.78, 5) is 8.30. The molecular formula is C8H9BrN6S. The molecule has 2 aromatic rings. The summed E-state index contributed by atoms with van der Waals surface area (Å²) in [6.45, 7) is 4.03. The molecule has 0 saturated heterocycles. The molecule has 6 nitrogen and oxygen atoms in total. The van der Waals surface area contributed by atoms with Gasteiger partial charge in [0.05, 0.1) is 10.5 Å². The Labute approximate surface area is 105 Å². The minimum absolute atomic E-state index is 0.216. The first-order valence-corrected chi connectivity index (χ1v) is 6.21. The summed E-state index contributed by atoms with van der Waals surface area (Å²) in [6.07, 6.45) is 3.39. The Morgan fingerprint density at radius 3 is 2.62 bits per heavy atom. The lowest BCUT2D eigenvalue weighted by atomic mass is 10.4. The van der Waals surface area contributed by atoms with Crippen molar-refractivity contribution in [2.75, 3.05) is 0 Å². The van der Waals surface area contributed by atoms with E-state index in [0.717, 1.165) is 4.47 Å². The SMILES string of the molecule is CC(C)n1nnnc1Sc1ncc(Br)cn1. The van der Waals surface area contributed by atoms with Crippen LogP contribution in [0.25, 0.3) is 0 Å². The number of halogens is 1. The third kappa shape index (κ3) is 2.56. The molecule has 0 unspecified atom stereocenters. The van der Waals surface area contributed by atoms with Crippen LogP contribution in [0, 0.1) is 0 Å². The molecule has 2 heterocycles. The van der Waals surface area contributed by atoms with Gasteiger partial charge < -0.3 is 0 Å². The smallest absolute Gasteiger partial charge is 0.217 e. The highest BCUT2D eigenvalue weighted by Crippen LogP contribution is 2.23. The summed E-state index contributed by atoms with van der Waals surface area (Å²) in [6, 6.07) is 0.216. The van der Waals surface area contributed by atoms with Crippen molar-refractivity contribution in [3.63, 3.8) is 0 Å². The first kappa shape index (κ1) is 11.5. The molecule has 0 bridgehead atoms. The van der Waals surface area contributed by atoms with Gasteiger partial charge in [0.15, 0.2) is 5.16 Å². The highest BCUT2D eigenvalue weighted by Gasteiger charge is 2.11. The fraction of sp³-hybridized carbons (Fsp3) is 0.375. The molecule has 0 fully saturated rings. The average molecular weight is 301 g/mol. The standard InChI is InChI=1S/C8H9BrN6S/c1-5(2)15-8(12-13-14-15)16-7-10-3-6(9)4-11-7/h3-5H,1-2H3. The van der Waals surface area contributed by atoms with Gasteiger partial charge in [0.2, 0.25) is 5.16 Å². The van der Waals surface area contributed by atoms with Crippen molar-refractivity contribution in [2.45, 2.75) is 30.2 Å². The molecule has 16 heavy (non-hydrogen) atoms. The minimum Gasteiger partial charge on any atom is -0.230 e. The Hall–Kier alpha value is -1.02. The second kappa shape index (κ2) is 4.88. The summed E-state index contributed by atoms with van der Waals surface area (Å²) in [5.74, 6) is 0. The number of tetrazole rings is 1. The molecule has 0 amide bonds. The van der Waals surface area contributed by atoms with Crippen molar-refractivity contribution >= 4 is 27.7 Å². The van der Waals surface area contributed by atoms with E-state index in [-0.39, 0.29) is 6.04 Å². The van der Waals surface area contributed by atoms with E-state index in [2.05, 4.69) is 41.4 Å². The molecule has 0 atom stereocenters. The topological polar surface area (TPSA) is 69.4 Å². The van der Waals surface area contributed by atoms with E-state index in [1.165, 1.54) is 11.8 Å². The molecule has 8 heteroatoms. The van der Waals surface area contributed by atoms with E-state index in [1.807, 2.05) is 13.8 Å². The summed E-state index contributed by atoms with van der Waals surface area (Å²) in [5, 5.41) is 12.8. The average Bonchev–Trinajstić information content (AvgIpc) is 2.69. The van der Waals surface area contributed by atoms with E-state index >= 15 is 0 Å². The highest BCUT2D eigenvalue weighted by molar-refractivity contribution is 9.10. The van der Waals surface area contributed by atoms with Crippen LogP contribution in [0.15, 0.2) is 27.2 Å². The zero-order valence-corrected chi connectivity index (χ0v) is 11.1. The van der Waals surface area contributed by atoms with Crippen LogP contribution in [0.1, 0.15) is 19.9 Å². The molecule has 0 radical (unpaired) electrons. The predicted molar refractivity (Wildman–Crippen MR) is 62.1 cm³/mol. The lowest BCUT2D eigenvalue weighted by Crippen LogP contribution is -2.04. The molecule has 0 N–H and O–H groups in total. The Bertz CT molecular complexity index is 468. The summed E-state index contributed by atoms with van der Waals surface area (Å²) >= 11 is 4.62. The molecule has 2 aromatic heterocycles. The Balaban J connectivity index is 2.20. The molecule has 0 aliphatic carbocycles. The summed E-state index contributed by atoms with van der Waals surface area (Å²) < 4.78 is 2.58. The summed E-state index contributed by atoms with van der Waals surface area (Å²) in [7, 11) is 0. The first-order chi connectivity index (χ1) is 7.66. The van der Waals surface area contributed by atoms with Crippen LogP contribution < -0.4 is 0 Å². The maximum Gasteiger partial charge on any atom is 0.217 e. The predicted octanol–water partition coefficient (Wildman–Crippen LogP) is 1.96. The van der Waals surface area contributed by atoms with Crippen molar-refractivity contribution in [2.24, 2.45) is 0 Å². The van der Waals surface area contributed by atoms with E-state index in [1.54, 1.807) is 17.1 Å². The Morgan fingerprint density at radius 2 is 2.00 bits per heavy atom. The van der Waals surface area contributed by atoms with Crippen LogP contribution in [0.3, 0.4) is 0 Å². The van der Waals surface area contributed by atoms with E-state index in [0.29, 0.717) is 10.3 Å². The van der Waals surface area contributed by atoms with Crippen molar-refractivity contribution in [1.29, 1.82) is 0 Å². The maximum atomic E-state index is 4.15. The molecule has 0 aliphatic heterocycles. The number of nitrogens with zero attached hydrogens (tertiary/aromatic N) is 6. The molecule has 2 rings (SSSR count). The maximum absolute atomic E-state index is 4.15. The van der Waals surface area contributed by atoms with Crippen LogP contribution in [0.5, 0.6) is 0 Å². The van der Waals surface area contributed by atoms with Gasteiger partial charge in [0.25, 0.3) is 0 Å². The normalized spacial score (nSPS) is 11.0. The van der Waals surface area contributed by atoms with E-state index < -0.39 is 0 Å². The van der Waals surface area contributed by atoms with Crippen LogP contribution in [0.2, 0.25) is 0 Å². The van der Waals surface area contributed by atoms with E-state index in [4.69, 9.17) is 0 Å². The van der Waals surface area contributed by atoms with Crippen molar-refractivity contribution in [3.8, 4) is 0 Å². The zero-order valence-electron chi connectivity index (χ0n) is 8.70. The Kier molecular flexibility index (Phi) is 3.49. The fourth-order valence-corrected chi connectivity index (χ4v) is 2.01. The lowest BCUT2D eigenvalue weighted by molar-refractivity contribution is 0.477. The third-order valence-electron chi connectivity index (χ3n) is 1.73. The van der Waals surface area contributed by atoms with E-state index in [9.17, 15) is 0 Å². The molecule has 0 spiro atoms. The van der Waals surface area contributed by atoms with Crippen LogP contribution >= 0.6 is 27.7 Å². The fourth-order valence-electron chi connectivity index (χ4n) is 1.01. The van der Waals surface area contributed by atoms with Crippen LogP contribution in [0.4, 0.5) is 0 Å². The number of hydrogen-bond acceptors (Lipinski definition) is 6. The van der Waals surface area contributed by atoms with Crippen molar-refractivity contribution in [1.82, 2.24) is 30.2 Å². The van der Waals surface area contributed by atoms with Gasteiger partial charge in [-0.1, -0.05) is 0 Å². The molecule has 0 aromatic carbocycles. The number of rotatable bonds is 3. The van der Waals surface area contributed by atoms with Gasteiger partial charge >= 0.3 is 0 Å². The lowest BCUT2D eigenvalue weighted by Gasteiger charge is -2.05. The molecule has 0 aliphatic rings. The van der Waals surface area contributed by atoms with Crippen molar-refractivity contribution in [3.05, 3.63) is 16.9 Å². The van der Waals surface area contributed by atoms with Gasteiger partial charge in [-0.3, -0.25) is 0 Å². The largest absolute Gasteiger partial charge is 0.230 e. The monoisotopic (exact) mass is 300 g/mol. The zero-order chi connectivity index (χ0) is 11.5. The highest BCUT2D eigenvalue weighted by atomic mass is 79.9. The molecule has 84 valence electrons. The van der Waals surface area contributed by atoms with Gasteiger partial charge in [-0.25, -0.2) is 14.6 Å². The van der Waals surface area contributed by atoms with Crippen LogP contribution in [-0.2, 0) is 0 Å². The van der Waals surface area contributed by atoms with Gasteiger partial charge in [-0.15, -0.1) is 5.10 Å². The third-order valence-corrected chi connectivity index (χ3v) is 2.99. The number of hydrogen-bond donors (Lipinski definition) is 0. The molecule has 0 saturated carbocycles. The second-order valence-corrected chi connectivity index (χ2v) is 5.14. The van der Waals surface area contributed by atoms with Gasteiger partial charge in [-0.05, 0) is 52.0 Å². The van der Waals surface area contributed by atoms with Gasteiger partial charge in [-0.2, -0.15) is 0 Å². The van der Waals surface area contributed by atoms with Crippen LogP contribution in [-0.4, -0.2) is 30.2 Å². The summed E-state index contributed by atoms with van der Waals surface area (Å²) in [5.41, 5.74) is 0. The first-order valence-electron chi connectivity index (χ1n) is 4.60. The minimum atomic E-state index is 0.216. The molecular weight excluding hydrogens is 292 g/mol. The Morgan fingerprint density at radius 1 is 1.31 bits per heavy atom. The second-order valence-electron chi connectivity index (χ2n) is 3.29. The number of aromatic nitrogens is 6. The van der Waals surface area contributed by atoms with Gasteiger partial charge in [0, 0.05) is 12.4 Å². The van der Waals surface area contributed by atoms with Crippen molar-refractivity contribution < 1.29 is 0 Å². The quantitative estimate of drug-likeness (QED) is 0.807. The van der Waals surface area contributed by atoms with Gasteiger partial charge in [0.1, 0.15) is 0 Å².